The van der Waals surface area contributed by atoms with Crippen LogP contribution in [-0.2, 0) is 4.79 Å². The van der Waals surface area contributed by atoms with Crippen molar-refractivity contribution in [2.45, 2.75) is 13.8 Å². The van der Waals surface area contributed by atoms with E-state index < -0.39 is 5.97 Å². The van der Waals surface area contributed by atoms with Gasteiger partial charge in [-0.2, -0.15) is 0 Å². The first-order valence-electron chi connectivity index (χ1n) is 10.8. The number of halogens is 1. The lowest BCUT2D eigenvalue weighted by atomic mass is 10.1. The summed E-state index contributed by atoms with van der Waals surface area (Å²) >= 11 is 4.23. The molecule has 0 aliphatic carbocycles. The quantitative estimate of drug-likeness (QED) is 0.192. The molecule has 6 nitrogen and oxygen atoms in total. The van der Waals surface area contributed by atoms with E-state index in [1.54, 1.807) is 54.6 Å². The lowest BCUT2D eigenvalue weighted by Crippen LogP contribution is -2.32. The Morgan fingerprint density at radius 2 is 1.71 bits per heavy atom. The van der Waals surface area contributed by atoms with Gasteiger partial charge in [0.1, 0.15) is 18.1 Å². The Labute approximate surface area is 216 Å². The van der Waals surface area contributed by atoms with E-state index in [2.05, 4.69) is 15.9 Å². The average molecular weight is 552 g/mol. The highest BCUT2D eigenvalue weighted by Crippen LogP contribution is 2.32. The third kappa shape index (κ3) is 6.21. The van der Waals surface area contributed by atoms with Gasteiger partial charge >= 0.3 is 5.97 Å². The van der Waals surface area contributed by atoms with Crippen LogP contribution in [0.3, 0.4) is 0 Å². The number of carbonyl (C=O) groups is 3. The molecule has 0 spiro atoms. The molecular formula is C27H22BrNO5S. The number of aryl methyl sites for hydroxylation is 2. The van der Waals surface area contributed by atoms with Gasteiger partial charge < -0.3 is 9.47 Å². The maximum atomic E-state index is 12.8. The van der Waals surface area contributed by atoms with Crippen molar-refractivity contribution >= 4 is 50.9 Å². The summed E-state index contributed by atoms with van der Waals surface area (Å²) in [6.45, 7) is 4.31. The summed E-state index contributed by atoms with van der Waals surface area (Å²) in [4.78, 5) is 38.9. The molecule has 4 rings (SSSR count). The topological polar surface area (TPSA) is 72.9 Å². The third-order valence-corrected chi connectivity index (χ3v) is 6.69. The van der Waals surface area contributed by atoms with Gasteiger partial charge in [0.15, 0.2) is 0 Å². The van der Waals surface area contributed by atoms with Crippen molar-refractivity contribution in [3.8, 4) is 11.5 Å². The molecule has 0 atom stereocenters. The SMILES string of the molecule is Cc1ccc(C)c(OCCN2C(=O)S/C(=C\c3ccc(OC(=O)c4ccc(Br)cc4)cc3)C2=O)c1. The molecule has 35 heavy (non-hydrogen) atoms. The standard InChI is InChI=1S/C27H22BrNO5S/c1-17-3-4-18(2)23(15-17)33-14-13-29-25(30)24(35-27(29)32)16-19-5-11-22(12-6-19)34-26(31)20-7-9-21(28)10-8-20/h3-12,15-16H,13-14H2,1-2H3/b24-16-. The molecular weight excluding hydrogens is 530 g/mol. The molecule has 2 amide bonds. The molecule has 3 aromatic rings. The van der Waals surface area contributed by atoms with Crippen LogP contribution < -0.4 is 9.47 Å². The van der Waals surface area contributed by atoms with Gasteiger partial charge in [0.25, 0.3) is 11.1 Å². The molecule has 0 saturated carbocycles. The predicted molar refractivity (Wildman–Crippen MR) is 140 cm³/mol. The number of ether oxygens (including phenoxy) is 2. The van der Waals surface area contributed by atoms with Crippen molar-refractivity contribution in [1.82, 2.24) is 4.90 Å². The van der Waals surface area contributed by atoms with Crippen molar-refractivity contribution in [3.63, 3.8) is 0 Å². The summed E-state index contributed by atoms with van der Waals surface area (Å²) in [5.74, 6) is 0.310. The number of carbonyl (C=O) groups excluding carboxylic acids is 3. The number of benzene rings is 3. The smallest absolute Gasteiger partial charge is 0.343 e. The molecule has 0 unspecified atom stereocenters. The molecule has 0 N–H and O–H groups in total. The van der Waals surface area contributed by atoms with E-state index in [-0.39, 0.29) is 24.3 Å². The number of rotatable bonds is 7. The molecule has 8 heteroatoms. The zero-order valence-corrected chi connectivity index (χ0v) is 21.5. The lowest BCUT2D eigenvalue weighted by Gasteiger charge is -2.14. The van der Waals surface area contributed by atoms with Crippen LogP contribution in [0.5, 0.6) is 11.5 Å². The molecule has 0 radical (unpaired) electrons. The van der Waals surface area contributed by atoms with E-state index in [1.807, 2.05) is 32.0 Å². The van der Waals surface area contributed by atoms with Crippen molar-refractivity contribution in [1.29, 1.82) is 0 Å². The van der Waals surface area contributed by atoms with E-state index in [1.165, 1.54) is 4.90 Å². The monoisotopic (exact) mass is 551 g/mol. The van der Waals surface area contributed by atoms with Crippen LogP contribution >= 0.6 is 27.7 Å². The third-order valence-electron chi connectivity index (χ3n) is 5.26. The summed E-state index contributed by atoms with van der Waals surface area (Å²) in [5.41, 5.74) is 3.22. The van der Waals surface area contributed by atoms with E-state index in [9.17, 15) is 14.4 Å². The highest BCUT2D eigenvalue weighted by molar-refractivity contribution is 9.10. The molecule has 1 aliphatic rings. The Kier molecular flexibility index (Phi) is 7.73. The summed E-state index contributed by atoms with van der Waals surface area (Å²) in [6, 6.07) is 19.5. The van der Waals surface area contributed by atoms with Crippen LogP contribution in [0.2, 0.25) is 0 Å². The summed E-state index contributed by atoms with van der Waals surface area (Å²) in [6.07, 6.45) is 1.65. The van der Waals surface area contributed by atoms with E-state index >= 15 is 0 Å². The molecule has 1 aliphatic heterocycles. The lowest BCUT2D eigenvalue weighted by molar-refractivity contribution is -0.123. The first kappa shape index (κ1) is 24.8. The number of thioether (sulfide) groups is 1. The second kappa shape index (κ2) is 10.9. The van der Waals surface area contributed by atoms with Crippen molar-refractivity contribution < 1.29 is 23.9 Å². The fraction of sp³-hybridized carbons (Fsp3) is 0.148. The number of hydrogen-bond acceptors (Lipinski definition) is 6. The molecule has 178 valence electrons. The molecule has 3 aromatic carbocycles. The molecule has 1 saturated heterocycles. The van der Waals surface area contributed by atoms with Gasteiger partial charge in [-0.25, -0.2) is 4.79 Å². The fourth-order valence-electron chi connectivity index (χ4n) is 3.34. The van der Waals surface area contributed by atoms with E-state index in [4.69, 9.17) is 9.47 Å². The Bertz CT molecular complexity index is 1300. The van der Waals surface area contributed by atoms with Crippen molar-refractivity contribution in [3.05, 3.63) is 98.4 Å². The van der Waals surface area contributed by atoms with Crippen LogP contribution in [0, 0.1) is 13.8 Å². The molecule has 0 aromatic heterocycles. The van der Waals surface area contributed by atoms with Gasteiger partial charge in [-0.05, 0) is 90.8 Å². The first-order valence-corrected chi connectivity index (χ1v) is 12.4. The predicted octanol–water partition coefficient (Wildman–Crippen LogP) is 6.40. The van der Waals surface area contributed by atoms with Crippen LogP contribution in [0.1, 0.15) is 27.0 Å². The van der Waals surface area contributed by atoms with Gasteiger partial charge in [-0.1, -0.05) is 40.2 Å². The van der Waals surface area contributed by atoms with Crippen molar-refractivity contribution in [2.75, 3.05) is 13.2 Å². The van der Waals surface area contributed by atoms with Gasteiger partial charge in [-0.15, -0.1) is 0 Å². The maximum absolute atomic E-state index is 12.8. The summed E-state index contributed by atoms with van der Waals surface area (Å²) < 4.78 is 12.1. The fourth-order valence-corrected chi connectivity index (χ4v) is 4.47. The highest BCUT2D eigenvalue weighted by Gasteiger charge is 2.34. The first-order chi connectivity index (χ1) is 16.8. The number of hydrogen-bond donors (Lipinski definition) is 0. The second-order valence-corrected chi connectivity index (χ2v) is 9.83. The van der Waals surface area contributed by atoms with Gasteiger partial charge in [0.05, 0.1) is 17.0 Å². The average Bonchev–Trinajstić information content (AvgIpc) is 3.10. The number of esters is 1. The highest BCUT2D eigenvalue weighted by atomic mass is 79.9. The van der Waals surface area contributed by atoms with Gasteiger partial charge in [-0.3, -0.25) is 14.5 Å². The number of amides is 2. The number of imide groups is 1. The minimum atomic E-state index is -0.463. The molecule has 1 heterocycles. The number of nitrogens with zero attached hydrogens (tertiary/aromatic N) is 1. The Morgan fingerprint density at radius 1 is 1.00 bits per heavy atom. The van der Waals surface area contributed by atoms with Crippen LogP contribution in [0.15, 0.2) is 76.1 Å². The summed E-state index contributed by atoms with van der Waals surface area (Å²) in [7, 11) is 0. The Balaban J connectivity index is 1.35. The minimum absolute atomic E-state index is 0.167. The van der Waals surface area contributed by atoms with Crippen LogP contribution in [0.25, 0.3) is 6.08 Å². The van der Waals surface area contributed by atoms with E-state index in [0.717, 1.165) is 33.1 Å². The zero-order valence-electron chi connectivity index (χ0n) is 19.1. The van der Waals surface area contributed by atoms with Gasteiger partial charge in [0.2, 0.25) is 0 Å². The Morgan fingerprint density at radius 3 is 2.43 bits per heavy atom. The normalized spacial score (nSPS) is 14.5. The minimum Gasteiger partial charge on any atom is -0.491 e. The van der Waals surface area contributed by atoms with Crippen LogP contribution in [-0.4, -0.2) is 35.2 Å². The molecule has 1 fully saturated rings. The summed E-state index contributed by atoms with van der Waals surface area (Å²) in [5, 5.41) is -0.328. The van der Waals surface area contributed by atoms with E-state index in [0.29, 0.717) is 21.8 Å². The van der Waals surface area contributed by atoms with Crippen molar-refractivity contribution in [2.24, 2.45) is 0 Å². The maximum Gasteiger partial charge on any atom is 0.343 e. The Hall–Kier alpha value is -3.36. The zero-order chi connectivity index (χ0) is 24.9. The van der Waals surface area contributed by atoms with Crippen LogP contribution in [0.4, 0.5) is 4.79 Å². The largest absolute Gasteiger partial charge is 0.491 e. The molecule has 0 bridgehead atoms. The van der Waals surface area contributed by atoms with Gasteiger partial charge in [0, 0.05) is 4.47 Å². The second-order valence-electron chi connectivity index (χ2n) is 7.92.